The number of hydrogen-bond acceptors (Lipinski definition) is 7. The Balaban J connectivity index is 1.46. The second kappa shape index (κ2) is 8.17. The fraction of sp³-hybridized carbons (Fsp3) is 0.158. The van der Waals surface area contributed by atoms with Crippen LogP contribution in [-0.4, -0.2) is 47.7 Å². The van der Waals surface area contributed by atoms with Gasteiger partial charge in [-0.05, 0) is 30.3 Å². The molecule has 29 heavy (non-hydrogen) atoms. The van der Waals surface area contributed by atoms with Crippen LogP contribution in [0.5, 0.6) is 11.6 Å². The maximum Gasteiger partial charge on any atom is 0.255 e. The first-order valence-electron chi connectivity index (χ1n) is 8.82. The lowest BCUT2D eigenvalue weighted by Crippen LogP contribution is -2.30. The molecule has 0 unspecified atom stereocenters. The zero-order chi connectivity index (χ0) is 20.2. The SMILES string of the molecule is N[C@H](CO)Cn1ccc(-c2ccc(Oc3ncc(-c4ccn[nH]4)cc3F)cn2)n1. The van der Waals surface area contributed by atoms with Crippen LogP contribution in [0.25, 0.3) is 22.6 Å². The van der Waals surface area contributed by atoms with E-state index < -0.39 is 5.82 Å². The maximum absolute atomic E-state index is 14.3. The number of nitrogens with zero attached hydrogens (tertiary/aromatic N) is 5. The van der Waals surface area contributed by atoms with Crippen LogP contribution in [0.2, 0.25) is 0 Å². The van der Waals surface area contributed by atoms with Crippen molar-refractivity contribution in [1.82, 2.24) is 29.9 Å². The number of pyridine rings is 2. The predicted octanol–water partition coefficient (Wildman–Crippen LogP) is 1.98. The number of aromatic nitrogens is 6. The molecule has 0 saturated heterocycles. The number of halogens is 1. The van der Waals surface area contributed by atoms with Crippen LogP contribution in [0.3, 0.4) is 0 Å². The molecule has 9 nitrogen and oxygen atoms in total. The van der Waals surface area contributed by atoms with Crippen LogP contribution < -0.4 is 10.5 Å². The first-order valence-corrected chi connectivity index (χ1v) is 8.82. The van der Waals surface area contributed by atoms with Crippen LogP contribution in [-0.2, 0) is 6.54 Å². The van der Waals surface area contributed by atoms with E-state index in [1.165, 1.54) is 18.5 Å². The first kappa shape index (κ1) is 18.7. The summed E-state index contributed by atoms with van der Waals surface area (Å²) in [6, 6.07) is 7.83. The lowest BCUT2D eigenvalue weighted by Gasteiger charge is -2.08. The minimum Gasteiger partial charge on any atom is -0.435 e. The van der Waals surface area contributed by atoms with Crippen LogP contribution >= 0.6 is 0 Å². The van der Waals surface area contributed by atoms with E-state index in [1.54, 1.807) is 41.3 Å². The Kier molecular flexibility index (Phi) is 5.27. The number of ether oxygens (including phenoxy) is 1. The smallest absolute Gasteiger partial charge is 0.255 e. The Morgan fingerprint density at radius 1 is 1.17 bits per heavy atom. The fourth-order valence-corrected chi connectivity index (χ4v) is 2.67. The highest BCUT2D eigenvalue weighted by Gasteiger charge is 2.11. The number of aromatic amines is 1. The molecule has 4 aromatic rings. The van der Waals surface area contributed by atoms with E-state index in [2.05, 4.69) is 25.3 Å². The summed E-state index contributed by atoms with van der Waals surface area (Å²) in [5, 5.41) is 20.0. The number of aliphatic hydroxyl groups excluding tert-OH is 1. The van der Waals surface area contributed by atoms with Crippen LogP contribution in [0.15, 0.2) is 55.1 Å². The van der Waals surface area contributed by atoms with Gasteiger partial charge in [-0.3, -0.25) is 14.8 Å². The molecule has 4 aromatic heterocycles. The van der Waals surface area contributed by atoms with E-state index in [4.69, 9.17) is 15.6 Å². The summed E-state index contributed by atoms with van der Waals surface area (Å²) in [7, 11) is 0. The summed E-state index contributed by atoms with van der Waals surface area (Å²) in [6.07, 6.45) is 6.31. The monoisotopic (exact) mass is 395 g/mol. The molecule has 0 aliphatic heterocycles. The number of hydrogen-bond donors (Lipinski definition) is 3. The van der Waals surface area contributed by atoms with Gasteiger partial charge >= 0.3 is 0 Å². The second-order valence-electron chi connectivity index (χ2n) is 6.33. The predicted molar refractivity (Wildman–Crippen MR) is 102 cm³/mol. The van der Waals surface area contributed by atoms with Gasteiger partial charge in [0.15, 0.2) is 5.82 Å². The molecule has 0 aliphatic rings. The maximum atomic E-state index is 14.3. The Bertz CT molecular complexity index is 1080. The molecule has 0 spiro atoms. The molecule has 0 amide bonds. The Labute approximate surface area is 165 Å². The molecule has 4 heterocycles. The number of rotatable bonds is 7. The molecule has 148 valence electrons. The number of nitrogens with two attached hydrogens (primary N) is 1. The van der Waals surface area contributed by atoms with Crippen molar-refractivity contribution in [3.8, 4) is 34.3 Å². The van der Waals surface area contributed by atoms with Gasteiger partial charge < -0.3 is 15.6 Å². The third kappa shape index (κ3) is 4.28. The standard InChI is InChI=1S/C19H18FN7O2/c20-15-7-12(16-3-5-24-25-16)8-23-19(15)29-14-1-2-17(22-9-14)18-4-6-27(26-18)10-13(21)11-28/h1-9,13,28H,10-11,21H2,(H,24,25)/t13-/m0/s1. The summed E-state index contributed by atoms with van der Waals surface area (Å²) in [5.74, 6) is -0.401. The highest BCUT2D eigenvalue weighted by molar-refractivity contribution is 5.58. The largest absolute Gasteiger partial charge is 0.435 e. The van der Waals surface area contributed by atoms with Crippen LogP contribution in [0.4, 0.5) is 4.39 Å². The summed E-state index contributed by atoms with van der Waals surface area (Å²) in [5.41, 5.74) is 8.21. The van der Waals surface area contributed by atoms with Crippen molar-refractivity contribution in [2.24, 2.45) is 5.73 Å². The molecule has 0 fully saturated rings. The van der Waals surface area contributed by atoms with Crippen LogP contribution in [0, 0.1) is 5.82 Å². The summed E-state index contributed by atoms with van der Waals surface area (Å²) < 4.78 is 21.5. The van der Waals surface area contributed by atoms with Gasteiger partial charge in [0.25, 0.3) is 5.88 Å². The van der Waals surface area contributed by atoms with E-state index in [0.717, 1.165) is 0 Å². The minimum absolute atomic E-state index is 0.118. The molecule has 0 aliphatic carbocycles. The molecular weight excluding hydrogens is 377 g/mol. The highest BCUT2D eigenvalue weighted by atomic mass is 19.1. The third-order valence-electron chi connectivity index (χ3n) is 4.13. The molecule has 10 heteroatoms. The number of H-pyrrole nitrogens is 1. The van der Waals surface area contributed by atoms with Gasteiger partial charge in [0, 0.05) is 30.2 Å². The Morgan fingerprint density at radius 3 is 2.76 bits per heavy atom. The zero-order valence-electron chi connectivity index (χ0n) is 15.2. The minimum atomic E-state index is -0.597. The normalized spacial score (nSPS) is 12.1. The quantitative estimate of drug-likeness (QED) is 0.436. The Hall–Kier alpha value is -3.63. The van der Waals surface area contributed by atoms with E-state index in [-0.39, 0.29) is 18.5 Å². The van der Waals surface area contributed by atoms with Crippen molar-refractivity contribution in [3.05, 3.63) is 60.9 Å². The zero-order valence-corrected chi connectivity index (χ0v) is 15.2. The van der Waals surface area contributed by atoms with E-state index >= 15 is 0 Å². The van der Waals surface area contributed by atoms with E-state index in [9.17, 15) is 4.39 Å². The molecule has 4 rings (SSSR count). The van der Waals surface area contributed by atoms with E-state index in [1.807, 2.05) is 0 Å². The lowest BCUT2D eigenvalue weighted by atomic mass is 10.2. The third-order valence-corrected chi connectivity index (χ3v) is 4.13. The first-order chi connectivity index (χ1) is 14.1. The molecule has 0 saturated carbocycles. The van der Waals surface area contributed by atoms with Gasteiger partial charge in [-0.25, -0.2) is 9.37 Å². The van der Waals surface area contributed by atoms with Crippen molar-refractivity contribution < 1.29 is 14.2 Å². The van der Waals surface area contributed by atoms with Gasteiger partial charge in [0.1, 0.15) is 11.4 Å². The summed E-state index contributed by atoms with van der Waals surface area (Å²) >= 11 is 0. The lowest BCUT2D eigenvalue weighted by molar-refractivity contribution is 0.251. The van der Waals surface area contributed by atoms with Crippen LogP contribution in [0.1, 0.15) is 0 Å². The number of aliphatic hydroxyl groups is 1. The van der Waals surface area contributed by atoms with Gasteiger partial charge in [0.05, 0.1) is 30.7 Å². The molecule has 0 radical (unpaired) electrons. The molecule has 0 aromatic carbocycles. The molecule has 1 atom stereocenters. The van der Waals surface area contributed by atoms with Crippen molar-refractivity contribution in [2.75, 3.05) is 6.61 Å². The molecular formula is C19H18FN7O2. The Morgan fingerprint density at radius 2 is 2.07 bits per heavy atom. The van der Waals surface area contributed by atoms with Crippen molar-refractivity contribution in [3.63, 3.8) is 0 Å². The second-order valence-corrected chi connectivity index (χ2v) is 6.33. The molecule has 0 bridgehead atoms. The summed E-state index contributed by atoms with van der Waals surface area (Å²) in [4.78, 5) is 8.33. The fourth-order valence-electron chi connectivity index (χ4n) is 2.67. The van der Waals surface area contributed by atoms with Gasteiger partial charge in [0.2, 0.25) is 0 Å². The topological polar surface area (TPSA) is 128 Å². The van der Waals surface area contributed by atoms with Gasteiger partial charge in [-0.2, -0.15) is 10.2 Å². The van der Waals surface area contributed by atoms with Crippen molar-refractivity contribution in [1.29, 1.82) is 0 Å². The van der Waals surface area contributed by atoms with Crippen molar-refractivity contribution in [2.45, 2.75) is 12.6 Å². The van der Waals surface area contributed by atoms with Crippen molar-refractivity contribution >= 4 is 0 Å². The van der Waals surface area contributed by atoms with E-state index in [0.29, 0.717) is 34.9 Å². The van der Waals surface area contributed by atoms with Gasteiger partial charge in [-0.1, -0.05) is 0 Å². The highest BCUT2D eigenvalue weighted by Crippen LogP contribution is 2.26. The summed E-state index contributed by atoms with van der Waals surface area (Å²) in [6.45, 7) is 0.282. The molecule has 4 N–H and O–H groups in total. The number of nitrogens with one attached hydrogen (secondary N) is 1. The van der Waals surface area contributed by atoms with Gasteiger partial charge in [-0.15, -0.1) is 0 Å². The average Bonchev–Trinajstić information content (AvgIpc) is 3.42. The average molecular weight is 395 g/mol.